The monoisotopic (exact) mass is 349 g/mol. The fourth-order valence-corrected chi connectivity index (χ4v) is 2.64. The second-order valence-corrected chi connectivity index (χ2v) is 5.84. The molecule has 0 saturated heterocycles. The van der Waals surface area contributed by atoms with Gasteiger partial charge in [-0.2, -0.15) is 0 Å². The van der Waals surface area contributed by atoms with E-state index in [9.17, 15) is 9.90 Å². The number of carboxylic acids is 1. The minimum atomic E-state index is -0.988. The number of para-hydroxylation sites is 1. The summed E-state index contributed by atoms with van der Waals surface area (Å²) in [7, 11) is 0. The number of phenols is 1. The number of phenolic OH excluding ortho intramolecular Hbond substituents is 1. The van der Waals surface area contributed by atoms with Crippen LogP contribution in [0.3, 0.4) is 0 Å². The average molecular weight is 349 g/mol. The predicted octanol–water partition coefficient (Wildman–Crippen LogP) is 4.15. The number of rotatable bonds is 5. The first-order valence-electron chi connectivity index (χ1n) is 8.27. The van der Waals surface area contributed by atoms with E-state index in [2.05, 4.69) is 10.1 Å². The fraction of sp³-hybridized carbons (Fsp3) is 0.150. The third-order valence-corrected chi connectivity index (χ3v) is 3.97. The minimum Gasteiger partial charge on any atom is -0.507 e. The van der Waals surface area contributed by atoms with E-state index in [1.54, 1.807) is 35.0 Å². The SMILES string of the molecule is CC/C=C(\C)c1nc(-c2ccccc2O)n(-c2ccc(C(=O)O)cc2)n1. The molecule has 26 heavy (non-hydrogen) atoms. The summed E-state index contributed by atoms with van der Waals surface area (Å²) in [5, 5.41) is 23.9. The first kappa shape index (κ1) is 17.4. The molecule has 0 fully saturated rings. The van der Waals surface area contributed by atoms with E-state index in [0.717, 1.165) is 12.0 Å². The largest absolute Gasteiger partial charge is 0.507 e. The van der Waals surface area contributed by atoms with E-state index in [-0.39, 0.29) is 11.3 Å². The van der Waals surface area contributed by atoms with Gasteiger partial charge in [-0.3, -0.25) is 0 Å². The molecule has 0 unspecified atom stereocenters. The number of aromatic hydroxyl groups is 1. The maximum Gasteiger partial charge on any atom is 0.335 e. The van der Waals surface area contributed by atoms with Crippen LogP contribution in [-0.2, 0) is 0 Å². The molecule has 1 heterocycles. The highest BCUT2D eigenvalue weighted by molar-refractivity contribution is 5.87. The summed E-state index contributed by atoms with van der Waals surface area (Å²) in [6.45, 7) is 3.97. The number of nitrogens with zero attached hydrogens (tertiary/aromatic N) is 3. The predicted molar refractivity (Wildman–Crippen MR) is 99.4 cm³/mol. The molecule has 0 amide bonds. The van der Waals surface area contributed by atoms with Crippen molar-refractivity contribution in [2.24, 2.45) is 0 Å². The number of benzene rings is 2. The molecule has 132 valence electrons. The number of allylic oxidation sites excluding steroid dienone is 2. The lowest BCUT2D eigenvalue weighted by Crippen LogP contribution is -2.02. The quantitative estimate of drug-likeness (QED) is 0.722. The maximum absolute atomic E-state index is 11.1. The van der Waals surface area contributed by atoms with Crippen LogP contribution < -0.4 is 0 Å². The van der Waals surface area contributed by atoms with E-state index >= 15 is 0 Å². The van der Waals surface area contributed by atoms with Gasteiger partial charge < -0.3 is 10.2 Å². The van der Waals surface area contributed by atoms with Crippen molar-refractivity contribution in [3.63, 3.8) is 0 Å². The Morgan fingerprint density at radius 2 is 1.85 bits per heavy atom. The standard InChI is InChI=1S/C20H19N3O3/c1-3-6-13(2)18-21-19(16-7-4-5-8-17(16)24)23(22-18)15-11-9-14(10-12-15)20(25)26/h4-12,24H,3H2,1-2H3,(H,25,26)/b13-6+. The molecule has 2 N–H and O–H groups in total. The molecular weight excluding hydrogens is 330 g/mol. The summed E-state index contributed by atoms with van der Waals surface area (Å²) in [6.07, 6.45) is 2.89. The van der Waals surface area contributed by atoms with Gasteiger partial charge in [0.15, 0.2) is 11.6 Å². The smallest absolute Gasteiger partial charge is 0.335 e. The van der Waals surface area contributed by atoms with Gasteiger partial charge in [0.25, 0.3) is 0 Å². The number of hydrogen-bond donors (Lipinski definition) is 2. The molecule has 0 bridgehead atoms. The number of carbonyl (C=O) groups is 1. The lowest BCUT2D eigenvalue weighted by Gasteiger charge is -2.07. The Morgan fingerprint density at radius 3 is 2.46 bits per heavy atom. The van der Waals surface area contributed by atoms with Crippen LogP contribution in [0.1, 0.15) is 36.5 Å². The second kappa shape index (κ2) is 7.23. The van der Waals surface area contributed by atoms with Crippen molar-refractivity contribution in [1.82, 2.24) is 14.8 Å². The molecule has 0 aliphatic rings. The Bertz CT molecular complexity index is 972. The topological polar surface area (TPSA) is 88.2 Å². The van der Waals surface area contributed by atoms with Gasteiger partial charge in [-0.05, 0) is 55.3 Å². The van der Waals surface area contributed by atoms with E-state index in [4.69, 9.17) is 5.11 Å². The van der Waals surface area contributed by atoms with Crippen LogP contribution in [0, 0.1) is 0 Å². The van der Waals surface area contributed by atoms with Crippen molar-refractivity contribution in [3.05, 3.63) is 66.0 Å². The maximum atomic E-state index is 11.1. The van der Waals surface area contributed by atoms with Crippen molar-refractivity contribution in [2.45, 2.75) is 20.3 Å². The van der Waals surface area contributed by atoms with Crippen LogP contribution in [0.15, 0.2) is 54.6 Å². The zero-order valence-corrected chi connectivity index (χ0v) is 14.5. The lowest BCUT2D eigenvalue weighted by molar-refractivity contribution is 0.0697. The van der Waals surface area contributed by atoms with Gasteiger partial charge in [-0.1, -0.05) is 25.1 Å². The van der Waals surface area contributed by atoms with Gasteiger partial charge in [0.2, 0.25) is 0 Å². The number of aromatic carboxylic acids is 1. The first-order valence-corrected chi connectivity index (χ1v) is 8.27. The van der Waals surface area contributed by atoms with Crippen LogP contribution in [0.2, 0.25) is 0 Å². The Balaban J connectivity index is 2.18. The van der Waals surface area contributed by atoms with Gasteiger partial charge in [-0.25, -0.2) is 14.5 Å². The molecule has 3 aromatic rings. The van der Waals surface area contributed by atoms with Gasteiger partial charge >= 0.3 is 5.97 Å². The highest BCUT2D eigenvalue weighted by Crippen LogP contribution is 2.30. The van der Waals surface area contributed by atoms with Crippen LogP contribution >= 0.6 is 0 Å². The lowest BCUT2D eigenvalue weighted by atomic mass is 10.1. The summed E-state index contributed by atoms with van der Waals surface area (Å²) < 4.78 is 1.61. The zero-order chi connectivity index (χ0) is 18.7. The third kappa shape index (κ3) is 3.35. The minimum absolute atomic E-state index is 0.104. The molecule has 6 heteroatoms. The Kier molecular flexibility index (Phi) is 4.84. The van der Waals surface area contributed by atoms with Gasteiger partial charge in [0.1, 0.15) is 5.75 Å². The highest BCUT2D eigenvalue weighted by atomic mass is 16.4. The van der Waals surface area contributed by atoms with Crippen LogP contribution in [0.4, 0.5) is 0 Å². The van der Waals surface area contributed by atoms with Crippen molar-refractivity contribution in [3.8, 4) is 22.8 Å². The van der Waals surface area contributed by atoms with Crippen LogP contribution in [0.5, 0.6) is 5.75 Å². The molecule has 0 saturated carbocycles. The molecular formula is C20H19N3O3. The first-order chi connectivity index (χ1) is 12.5. The molecule has 1 aromatic heterocycles. The Hall–Kier alpha value is -3.41. The highest BCUT2D eigenvalue weighted by Gasteiger charge is 2.17. The van der Waals surface area contributed by atoms with Crippen molar-refractivity contribution >= 4 is 11.5 Å². The third-order valence-electron chi connectivity index (χ3n) is 3.97. The van der Waals surface area contributed by atoms with Gasteiger partial charge in [0, 0.05) is 0 Å². The number of hydrogen-bond acceptors (Lipinski definition) is 4. The molecule has 2 aromatic carbocycles. The van der Waals surface area contributed by atoms with Gasteiger partial charge in [0.05, 0.1) is 16.8 Å². The zero-order valence-electron chi connectivity index (χ0n) is 14.5. The molecule has 0 spiro atoms. The number of aromatic nitrogens is 3. The van der Waals surface area contributed by atoms with Crippen LogP contribution in [0.25, 0.3) is 22.6 Å². The summed E-state index contributed by atoms with van der Waals surface area (Å²) in [5.41, 5.74) is 2.35. The average Bonchev–Trinajstić information content (AvgIpc) is 3.07. The Labute approximate surface area is 151 Å². The second-order valence-electron chi connectivity index (χ2n) is 5.84. The molecule has 3 rings (SSSR count). The van der Waals surface area contributed by atoms with E-state index in [1.165, 1.54) is 12.1 Å². The summed E-state index contributed by atoms with van der Waals surface area (Å²) >= 11 is 0. The molecule has 6 nitrogen and oxygen atoms in total. The van der Waals surface area contributed by atoms with Gasteiger partial charge in [-0.15, -0.1) is 5.10 Å². The Morgan fingerprint density at radius 1 is 1.15 bits per heavy atom. The molecule has 0 aliphatic heterocycles. The normalized spacial score (nSPS) is 11.5. The number of carboxylic acid groups (broad SMARTS) is 1. The molecule has 0 radical (unpaired) electrons. The van der Waals surface area contributed by atoms with E-state index in [1.807, 2.05) is 26.0 Å². The fourth-order valence-electron chi connectivity index (χ4n) is 2.64. The summed E-state index contributed by atoms with van der Waals surface area (Å²) in [6, 6.07) is 13.3. The van der Waals surface area contributed by atoms with Crippen molar-refractivity contribution in [1.29, 1.82) is 0 Å². The van der Waals surface area contributed by atoms with E-state index in [0.29, 0.717) is 22.9 Å². The molecule has 0 aliphatic carbocycles. The van der Waals surface area contributed by atoms with Crippen molar-refractivity contribution in [2.75, 3.05) is 0 Å². The molecule has 0 atom stereocenters. The van der Waals surface area contributed by atoms with E-state index < -0.39 is 5.97 Å². The summed E-state index contributed by atoms with van der Waals surface area (Å²) in [5.74, 6) is 0.169. The van der Waals surface area contributed by atoms with Crippen LogP contribution in [-0.4, -0.2) is 30.9 Å². The van der Waals surface area contributed by atoms with Crippen molar-refractivity contribution < 1.29 is 15.0 Å². The summed E-state index contributed by atoms with van der Waals surface area (Å²) in [4.78, 5) is 15.7.